The van der Waals surface area contributed by atoms with Crippen LogP contribution in [0, 0.1) is 0 Å². The quantitative estimate of drug-likeness (QED) is 0.670. The molecule has 1 spiro atoms. The van der Waals surface area contributed by atoms with Crippen molar-refractivity contribution in [2.75, 3.05) is 20.2 Å². The first-order valence-corrected chi connectivity index (χ1v) is 10.1. The first-order chi connectivity index (χ1) is 13.6. The summed E-state index contributed by atoms with van der Waals surface area (Å²) in [6.07, 6.45) is 4.39. The van der Waals surface area contributed by atoms with Gasteiger partial charge in [0, 0.05) is 47.7 Å². The third kappa shape index (κ3) is 2.47. The second-order valence-electron chi connectivity index (χ2n) is 8.21. The molecular weight excluding hydrogens is 348 g/mol. The van der Waals surface area contributed by atoms with Crippen molar-refractivity contribution in [3.05, 3.63) is 65.4 Å². The van der Waals surface area contributed by atoms with Crippen LogP contribution in [-0.4, -0.2) is 35.6 Å². The maximum absolute atomic E-state index is 12.8. The number of rotatable bonds is 2. The van der Waals surface area contributed by atoms with Gasteiger partial charge in [0.1, 0.15) is 5.75 Å². The Kier molecular flexibility index (Phi) is 3.97. The van der Waals surface area contributed by atoms with Crippen molar-refractivity contribution in [1.29, 1.82) is 0 Å². The van der Waals surface area contributed by atoms with Crippen LogP contribution < -0.4 is 4.74 Å². The molecule has 2 aliphatic rings. The highest BCUT2D eigenvalue weighted by Gasteiger charge is 2.45. The molecule has 1 aromatic heterocycles. The van der Waals surface area contributed by atoms with E-state index in [2.05, 4.69) is 23.7 Å². The zero-order chi connectivity index (χ0) is 19.3. The van der Waals surface area contributed by atoms with Crippen molar-refractivity contribution in [3.63, 3.8) is 0 Å². The van der Waals surface area contributed by atoms with Crippen LogP contribution in [0.1, 0.15) is 40.9 Å². The number of piperidine rings is 1. The lowest BCUT2D eigenvalue weighted by molar-refractivity contribution is 0.0662. The molecule has 2 heterocycles. The third-order valence-corrected chi connectivity index (χ3v) is 6.90. The van der Waals surface area contributed by atoms with E-state index in [-0.39, 0.29) is 11.3 Å². The molecule has 0 atom stereocenters. The first-order valence-electron chi connectivity index (χ1n) is 10.1. The van der Waals surface area contributed by atoms with Crippen LogP contribution in [0.5, 0.6) is 5.75 Å². The molecule has 144 valence electrons. The van der Waals surface area contributed by atoms with Gasteiger partial charge in [0.25, 0.3) is 5.91 Å². The van der Waals surface area contributed by atoms with Gasteiger partial charge >= 0.3 is 0 Å². The summed E-state index contributed by atoms with van der Waals surface area (Å²) in [6, 6.07) is 16.1. The summed E-state index contributed by atoms with van der Waals surface area (Å²) in [6.45, 7) is 1.66. The number of carbonyl (C=O) groups excluding carboxylic acids is 1. The van der Waals surface area contributed by atoms with Gasteiger partial charge in [-0.1, -0.05) is 18.2 Å². The minimum absolute atomic E-state index is 0.162. The van der Waals surface area contributed by atoms with Crippen molar-refractivity contribution in [3.8, 4) is 5.75 Å². The fourth-order valence-electron chi connectivity index (χ4n) is 5.43. The summed E-state index contributed by atoms with van der Waals surface area (Å²) < 4.78 is 7.85. The lowest BCUT2D eigenvalue weighted by atomic mass is 9.76. The number of hydrogen-bond donors (Lipinski definition) is 0. The molecular formula is C24H26N2O2. The molecule has 2 aromatic carbocycles. The average molecular weight is 374 g/mol. The fourth-order valence-corrected chi connectivity index (χ4v) is 5.43. The summed E-state index contributed by atoms with van der Waals surface area (Å²) in [5.74, 6) is 1.08. The van der Waals surface area contributed by atoms with Crippen LogP contribution in [0.3, 0.4) is 0 Å². The highest BCUT2D eigenvalue weighted by Crippen LogP contribution is 2.49. The van der Waals surface area contributed by atoms with E-state index >= 15 is 0 Å². The number of aromatic nitrogens is 1. The van der Waals surface area contributed by atoms with Crippen LogP contribution in [0.25, 0.3) is 10.9 Å². The van der Waals surface area contributed by atoms with Gasteiger partial charge in [-0.2, -0.15) is 0 Å². The first kappa shape index (κ1) is 17.4. The molecule has 3 aromatic rings. The lowest BCUT2D eigenvalue weighted by Gasteiger charge is -2.40. The van der Waals surface area contributed by atoms with Crippen LogP contribution in [0.4, 0.5) is 0 Å². The topological polar surface area (TPSA) is 34.5 Å². The summed E-state index contributed by atoms with van der Waals surface area (Å²) >= 11 is 0. The molecule has 1 aliphatic carbocycles. The van der Waals surface area contributed by atoms with Gasteiger partial charge in [0.05, 0.1) is 7.11 Å². The normalized spacial score (nSPS) is 17.9. The average Bonchev–Trinajstić information content (AvgIpc) is 3.25. The van der Waals surface area contributed by atoms with E-state index < -0.39 is 0 Å². The molecule has 1 saturated heterocycles. The van der Waals surface area contributed by atoms with Gasteiger partial charge in [-0.15, -0.1) is 0 Å². The van der Waals surface area contributed by atoms with Crippen LogP contribution >= 0.6 is 0 Å². The summed E-state index contributed by atoms with van der Waals surface area (Å²) in [7, 11) is 3.92. The second-order valence-corrected chi connectivity index (χ2v) is 8.21. The molecule has 0 unspecified atom stereocenters. The zero-order valence-electron chi connectivity index (χ0n) is 16.6. The van der Waals surface area contributed by atoms with E-state index in [0.717, 1.165) is 43.7 Å². The summed E-state index contributed by atoms with van der Waals surface area (Å²) in [5, 5.41) is 1.33. The van der Waals surface area contributed by atoms with Crippen molar-refractivity contribution in [2.24, 2.45) is 7.05 Å². The van der Waals surface area contributed by atoms with Gasteiger partial charge in [-0.25, -0.2) is 0 Å². The molecule has 1 aliphatic heterocycles. The molecule has 5 rings (SSSR count). The maximum Gasteiger partial charge on any atom is 0.253 e. The molecule has 0 N–H and O–H groups in total. The fraction of sp³-hybridized carbons (Fsp3) is 0.375. The lowest BCUT2D eigenvalue weighted by Crippen LogP contribution is -2.45. The van der Waals surface area contributed by atoms with Gasteiger partial charge in [0.15, 0.2) is 0 Å². The van der Waals surface area contributed by atoms with Crippen LogP contribution in [0.15, 0.2) is 48.5 Å². The molecule has 28 heavy (non-hydrogen) atoms. The molecule has 1 fully saturated rings. The van der Waals surface area contributed by atoms with E-state index in [1.807, 2.05) is 41.3 Å². The van der Waals surface area contributed by atoms with Crippen molar-refractivity contribution < 1.29 is 9.53 Å². The number of carbonyl (C=O) groups is 1. The Labute approximate surface area is 165 Å². The van der Waals surface area contributed by atoms with E-state index in [4.69, 9.17) is 4.74 Å². The Hall–Kier alpha value is -2.75. The number of methoxy groups -OCH3 is 1. The number of benzene rings is 2. The third-order valence-electron chi connectivity index (χ3n) is 6.90. The van der Waals surface area contributed by atoms with E-state index in [1.54, 1.807) is 7.11 Å². The van der Waals surface area contributed by atoms with E-state index in [0.29, 0.717) is 0 Å². The molecule has 4 heteroatoms. The predicted octanol–water partition coefficient (Wildman–Crippen LogP) is 4.31. The molecule has 0 bridgehead atoms. The second kappa shape index (κ2) is 6.40. The number of nitrogens with zero attached hydrogens (tertiary/aromatic N) is 2. The van der Waals surface area contributed by atoms with Gasteiger partial charge in [0.2, 0.25) is 0 Å². The number of aryl methyl sites for hydroxylation is 2. The van der Waals surface area contributed by atoms with E-state index in [9.17, 15) is 4.79 Å². The largest absolute Gasteiger partial charge is 0.497 e. The zero-order valence-corrected chi connectivity index (χ0v) is 16.6. The Balaban J connectivity index is 1.45. The molecule has 0 saturated carbocycles. The SMILES string of the molecule is COc1ccc2c(c1)c1c(n2C)C2(CC1)CCN(C(=O)c1ccccc1)CC2. The number of likely N-dealkylation sites (tertiary alicyclic amines) is 1. The summed E-state index contributed by atoms with van der Waals surface area (Å²) in [5.41, 5.74) is 5.25. The Morgan fingerprint density at radius 3 is 2.50 bits per heavy atom. The highest BCUT2D eigenvalue weighted by molar-refractivity contribution is 5.94. The van der Waals surface area contributed by atoms with Crippen LogP contribution in [0.2, 0.25) is 0 Å². The maximum atomic E-state index is 12.8. The van der Waals surface area contributed by atoms with Gasteiger partial charge < -0.3 is 14.2 Å². The van der Waals surface area contributed by atoms with Crippen molar-refractivity contribution in [2.45, 2.75) is 31.1 Å². The van der Waals surface area contributed by atoms with Crippen LogP contribution in [-0.2, 0) is 18.9 Å². The number of amides is 1. The Morgan fingerprint density at radius 2 is 1.79 bits per heavy atom. The van der Waals surface area contributed by atoms with Gasteiger partial charge in [-0.05, 0) is 61.6 Å². The number of ether oxygens (including phenoxy) is 1. The monoisotopic (exact) mass is 374 g/mol. The predicted molar refractivity (Wildman–Crippen MR) is 111 cm³/mol. The number of fused-ring (bicyclic) bond motifs is 4. The summed E-state index contributed by atoms with van der Waals surface area (Å²) in [4.78, 5) is 14.9. The van der Waals surface area contributed by atoms with Gasteiger partial charge in [-0.3, -0.25) is 4.79 Å². The Bertz CT molecular complexity index is 1040. The van der Waals surface area contributed by atoms with Crippen molar-refractivity contribution in [1.82, 2.24) is 9.47 Å². The molecule has 1 amide bonds. The minimum Gasteiger partial charge on any atom is -0.497 e. The highest BCUT2D eigenvalue weighted by atomic mass is 16.5. The standard InChI is InChI=1S/C24H26N2O2/c1-25-21-9-8-18(28-2)16-20(21)19-10-11-24(22(19)25)12-14-26(15-13-24)23(27)17-6-4-3-5-7-17/h3-9,16H,10-15H2,1-2H3. The number of hydrogen-bond acceptors (Lipinski definition) is 2. The van der Waals surface area contributed by atoms with E-state index in [1.165, 1.54) is 28.6 Å². The van der Waals surface area contributed by atoms with Crippen molar-refractivity contribution >= 4 is 16.8 Å². The smallest absolute Gasteiger partial charge is 0.253 e. The molecule has 0 radical (unpaired) electrons. The minimum atomic E-state index is 0.162. The Morgan fingerprint density at radius 1 is 1.04 bits per heavy atom. The molecule has 4 nitrogen and oxygen atoms in total.